The van der Waals surface area contributed by atoms with Crippen LogP contribution in [0.4, 0.5) is 0 Å². The van der Waals surface area contributed by atoms with Gasteiger partial charge in [0.15, 0.2) is 0 Å². The van der Waals surface area contributed by atoms with Crippen LogP contribution in [0.15, 0.2) is 43.0 Å². The summed E-state index contributed by atoms with van der Waals surface area (Å²) < 4.78 is 28.9. The van der Waals surface area contributed by atoms with E-state index in [0.29, 0.717) is 50.9 Å². The van der Waals surface area contributed by atoms with Crippen molar-refractivity contribution in [2.45, 2.75) is 61.8 Å². The number of hydrogen-bond donors (Lipinski definition) is 1. The van der Waals surface area contributed by atoms with E-state index in [1.54, 1.807) is 21.3 Å². The van der Waals surface area contributed by atoms with Gasteiger partial charge in [-0.3, -0.25) is 9.59 Å². The van der Waals surface area contributed by atoms with Gasteiger partial charge in [0.2, 0.25) is 15.9 Å². The normalized spacial score (nSPS) is 24.4. The highest BCUT2D eigenvalue weighted by atomic mass is 32.2. The van der Waals surface area contributed by atoms with E-state index in [1.807, 2.05) is 18.2 Å². The predicted octanol–water partition coefficient (Wildman–Crippen LogP) is 2.31. The Morgan fingerprint density at radius 1 is 1.06 bits per heavy atom. The van der Waals surface area contributed by atoms with Gasteiger partial charge in [0, 0.05) is 36.8 Å². The van der Waals surface area contributed by atoms with Crippen LogP contribution in [0, 0.1) is 0 Å². The van der Waals surface area contributed by atoms with Crippen molar-refractivity contribution in [3.05, 3.63) is 48.6 Å². The van der Waals surface area contributed by atoms with Gasteiger partial charge in [-0.15, -0.1) is 0 Å². The number of carbonyl (C=O) groups is 2. The minimum atomic E-state index is -3.46. The summed E-state index contributed by atoms with van der Waals surface area (Å²) in [6.45, 7) is 4.85. The number of piperidine rings is 2. The Morgan fingerprint density at radius 2 is 1.74 bits per heavy atom. The van der Waals surface area contributed by atoms with Crippen LogP contribution in [0.5, 0.6) is 0 Å². The third-order valence-corrected chi connectivity index (χ3v) is 9.63. The van der Waals surface area contributed by atoms with Gasteiger partial charge in [-0.05, 0) is 63.2 Å². The molecule has 31 heavy (non-hydrogen) atoms. The number of sulfonamides is 1. The zero-order valence-electron chi connectivity index (χ0n) is 17.8. The molecule has 1 aliphatic carbocycles. The van der Waals surface area contributed by atoms with E-state index in [2.05, 4.69) is 11.9 Å². The fourth-order valence-electron chi connectivity index (χ4n) is 5.29. The Bertz CT molecular complexity index is 935. The number of benzene rings is 1. The molecule has 1 saturated carbocycles. The molecular formula is C23H31N3O4S. The summed E-state index contributed by atoms with van der Waals surface area (Å²) in [6.07, 6.45) is 6.17. The molecule has 0 bridgehead atoms. The topological polar surface area (TPSA) is 86.8 Å². The summed E-state index contributed by atoms with van der Waals surface area (Å²) in [5.74, 6) is -0.239. The van der Waals surface area contributed by atoms with Crippen LogP contribution < -0.4 is 5.32 Å². The quantitative estimate of drug-likeness (QED) is 0.705. The van der Waals surface area contributed by atoms with Crippen LogP contribution in [-0.2, 0) is 14.8 Å². The van der Waals surface area contributed by atoms with E-state index in [9.17, 15) is 18.0 Å². The molecule has 168 valence electrons. The average molecular weight is 446 g/mol. The zero-order valence-corrected chi connectivity index (χ0v) is 18.6. The predicted molar refractivity (Wildman–Crippen MR) is 119 cm³/mol. The number of amides is 2. The molecular weight excluding hydrogens is 414 g/mol. The molecule has 0 aromatic heterocycles. The van der Waals surface area contributed by atoms with Crippen LogP contribution in [0.3, 0.4) is 0 Å². The lowest BCUT2D eigenvalue weighted by molar-refractivity contribution is -0.117. The minimum absolute atomic E-state index is 0.0115. The molecule has 0 radical (unpaired) electrons. The van der Waals surface area contributed by atoms with Crippen LogP contribution in [-0.4, -0.2) is 65.9 Å². The first kappa shape index (κ1) is 22.0. The van der Waals surface area contributed by atoms with Crippen molar-refractivity contribution < 1.29 is 18.0 Å². The van der Waals surface area contributed by atoms with Gasteiger partial charge in [0.1, 0.15) is 0 Å². The highest BCUT2D eigenvalue weighted by molar-refractivity contribution is 7.89. The Morgan fingerprint density at radius 3 is 2.32 bits per heavy atom. The first-order valence-electron chi connectivity index (χ1n) is 11.1. The van der Waals surface area contributed by atoms with Crippen molar-refractivity contribution in [1.29, 1.82) is 0 Å². The number of carbonyl (C=O) groups excluding carboxylic acids is 2. The number of rotatable bonds is 5. The monoisotopic (exact) mass is 445 g/mol. The van der Waals surface area contributed by atoms with E-state index in [-0.39, 0.29) is 23.4 Å². The summed E-state index contributed by atoms with van der Waals surface area (Å²) in [4.78, 5) is 26.2. The molecule has 1 unspecified atom stereocenters. The first-order valence-corrected chi connectivity index (χ1v) is 12.6. The Kier molecular flexibility index (Phi) is 6.21. The standard InChI is InChI=1S/C23H31N3O4S/c1-2-21(27)24-19-9-16-26(23(17-19)12-6-13-23)31(29,30)20-10-14-25(15-11-20)22(28)18-7-4-3-5-8-18/h2-5,7-8,19-20H,1,6,9-17H2,(H,24,27). The summed E-state index contributed by atoms with van der Waals surface area (Å²) in [5, 5.41) is 2.50. The summed E-state index contributed by atoms with van der Waals surface area (Å²) in [6, 6.07) is 9.12. The van der Waals surface area contributed by atoms with Crippen LogP contribution in [0.25, 0.3) is 0 Å². The molecule has 2 amide bonds. The lowest BCUT2D eigenvalue weighted by Gasteiger charge is -2.55. The largest absolute Gasteiger partial charge is 0.350 e. The molecule has 4 rings (SSSR count). The Labute approximate surface area is 184 Å². The van der Waals surface area contributed by atoms with Crippen molar-refractivity contribution in [2.75, 3.05) is 19.6 Å². The third-order valence-electron chi connectivity index (χ3n) is 7.13. The van der Waals surface area contributed by atoms with Crippen molar-refractivity contribution in [2.24, 2.45) is 0 Å². The molecule has 1 aromatic carbocycles. The van der Waals surface area contributed by atoms with Crippen LogP contribution >= 0.6 is 0 Å². The second-order valence-corrected chi connectivity index (χ2v) is 11.1. The van der Waals surface area contributed by atoms with Gasteiger partial charge in [-0.25, -0.2) is 8.42 Å². The van der Waals surface area contributed by atoms with Crippen molar-refractivity contribution >= 4 is 21.8 Å². The fraction of sp³-hybridized carbons (Fsp3) is 0.565. The molecule has 1 spiro atoms. The molecule has 8 heteroatoms. The lowest BCUT2D eigenvalue weighted by atomic mass is 9.70. The molecule has 1 aromatic rings. The molecule has 7 nitrogen and oxygen atoms in total. The van der Waals surface area contributed by atoms with Gasteiger partial charge in [0.05, 0.1) is 5.25 Å². The maximum atomic E-state index is 13.6. The molecule has 2 saturated heterocycles. The van der Waals surface area contributed by atoms with Crippen LogP contribution in [0.2, 0.25) is 0 Å². The first-order chi connectivity index (χ1) is 14.9. The van der Waals surface area contributed by atoms with E-state index < -0.39 is 15.3 Å². The Balaban J connectivity index is 1.41. The number of hydrogen-bond acceptors (Lipinski definition) is 4. The molecule has 1 N–H and O–H groups in total. The van der Waals surface area contributed by atoms with Crippen LogP contribution in [0.1, 0.15) is 55.3 Å². The average Bonchev–Trinajstić information content (AvgIpc) is 2.78. The summed E-state index contributed by atoms with van der Waals surface area (Å²) in [7, 11) is -3.46. The smallest absolute Gasteiger partial charge is 0.253 e. The minimum Gasteiger partial charge on any atom is -0.350 e. The third kappa shape index (κ3) is 4.28. The fourth-order valence-corrected chi connectivity index (χ4v) is 7.61. The maximum absolute atomic E-state index is 13.6. The van der Waals surface area contributed by atoms with Crippen molar-refractivity contribution in [1.82, 2.24) is 14.5 Å². The van der Waals surface area contributed by atoms with E-state index in [4.69, 9.17) is 0 Å². The molecule has 2 aliphatic heterocycles. The lowest BCUT2D eigenvalue weighted by Crippen LogP contribution is -2.64. The second-order valence-electron chi connectivity index (χ2n) is 8.95. The van der Waals surface area contributed by atoms with E-state index >= 15 is 0 Å². The SMILES string of the molecule is C=CC(=O)NC1CCN(S(=O)(=O)C2CCN(C(=O)c3ccccc3)CC2)C2(CCC2)C1. The van der Waals surface area contributed by atoms with Crippen molar-refractivity contribution in [3.63, 3.8) is 0 Å². The van der Waals surface area contributed by atoms with Gasteiger partial charge in [-0.2, -0.15) is 4.31 Å². The number of likely N-dealkylation sites (tertiary alicyclic amines) is 1. The summed E-state index contributed by atoms with van der Waals surface area (Å²) in [5.41, 5.74) is 0.272. The molecule has 3 fully saturated rings. The second kappa shape index (κ2) is 8.74. The maximum Gasteiger partial charge on any atom is 0.253 e. The summed E-state index contributed by atoms with van der Waals surface area (Å²) >= 11 is 0. The number of nitrogens with one attached hydrogen (secondary N) is 1. The molecule has 2 heterocycles. The highest BCUT2D eigenvalue weighted by Crippen LogP contribution is 2.47. The van der Waals surface area contributed by atoms with Gasteiger partial charge in [0.25, 0.3) is 5.91 Å². The van der Waals surface area contributed by atoms with Gasteiger partial charge >= 0.3 is 0 Å². The van der Waals surface area contributed by atoms with E-state index in [1.165, 1.54) is 6.08 Å². The Hall–Kier alpha value is -2.19. The van der Waals surface area contributed by atoms with E-state index in [0.717, 1.165) is 19.3 Å². The highest BCUT2D eigenvalue weighted by Gasteiger charge is 2.53. The van der Waals surface area contributed by atoms with Crippen molar-refractivity contribution in [3.8, 4) is 0 Å². The van der Waals surface area contributed by atoms with Gasteiger partial charge < -0.3 is 10.2 Å². The number of nitrogens with zero attached hydrogens (tertiary/aromatic N) is 2. The zero-order chi connectivity index (χ0) is 22.1. The van der Waals surface area contributed by atoms with Gasteiger partial charge in [-0.1, -0.05) is 24.8 Å². The molecule has 3 aliphatic rings. The molecule has 1 atom stereocenters.